The lowest BCUT2D eigenvalue weighted by atomic mass is 10.0. The number of nitrogens with one attached hydrogen (secondary N) is 2. The van der Waals surface area contributed by atoms with E-state index in [9.17, 15) is 4.79 Å². The molecule has 3 aromatic rings. The van der Waals surface area contributed by atoms with E-state index in [0.29, 0.717) is 11.7 Å². The van der Waals surface area contributed by atoms with Gasteiger partial charge in [0.15, 0.2) is 0 Å². The Bertz CT molecular complexity index is 988. The molecule has 5 heteroatoms. The van der Waals surface area contributed by atoms with E-state index in [1.54, 1.807) is 10.6 Å². The third-order valence-corrected chi connectivity index (χ3v) is 5.42. The summed E-state index contributed by atoms with van der Waals surface area (Å²) in [5.41, 5.74) is 4.38. The Morgan fingerprint density at radius 3 is 2.82 bits per heavy atom. The highest BCUT2D eigenvalue weighted by molar-refractivity contribution is 5.69. The zero-order valence-corrected chi connectivity index (χ0v) is 16.4. The van der Waals surface area contributed by atoms with Gasteiger partial charge in [0.25, 0.3) is 5.56 Å². The molecule has 0 saturated carbocycles. The monoisotopic (exact) mass is 376 g/mol. The number of fused-ring (bicyclic) bond motifs is 1. The molecule has 2 aromatic heterocycles. The first-order valence-corrected chi connectivity index (χ1v) is 10.3. The zero-order chi connectivity index (χ0) is 19.3. The van der Waals surface area contributed by atoms with E-state index in [1.807, 2.05) is 30.3 Å². The van der Waals surface area contributed by atoms with Crippen LogP contribution < -0.4 is 16.2 Å². The van der Waals surface area contributed by atoms with Gasteiger partial charge in [0, 0.05) is 24.5 Å². The maximum Gasteiger partial charge on any atom is 0.265 e. The Hall–Kier alpha value is -2.66. The van der Waals surface area contributed by atoms with Crippen LogP contribution in [0.5, 0.6) is 0 Å². The number of aryl methyl sites for hydroxylation is 1. The van der Waals surface area contributed by atoms with Crippen molar-refractivity contribution < 1.29 is 0 Å². The van der Waals surface area contributed by atoms with E-state index in [2.05, 4.69) is 29.7 Å². The molecule has 4 rings (SSSR count). The van der Waals surface area contributed by atoms with Gasteiger partial charge in [-0.15, -0.1) is 0 Å². The van der Waals surface area contributed by atoms with Gasteiger partial charge in [0.1, 0.15) is 5.65 Å². The summed E-state index contributed by atoms with van der Waals surface area (Å²) in [7, 11) is 0. The summed E-state index contributed by atoms with van der Waals surface area (Å²) in [6.07, 6.45) is 7.11. The summed E-state index contributed by atoms with van der Waals surface area (Å²) >= 11 is 0. The summed E-state index contributed by atoms with van der Waals surface area (Å²) in [6, 6.07) is 14.4. The molecule has 28 heavy (non-hydrogen) atoms. The van der Waals surface area contributed by atoms with E-state index < -0.39 is 0 Å². The topological polar surface area (TPSA) is 58.4 Å². The smallest absolute Gasteiger partial charge is 0.265 e. The van der Waals surface area contributed by atoms with Gasteiger partial charge in [-0.3, -0.25) is 9.20 Å². The Morgan fingerprint density at radius 1 is 1.21 bits per heavy atom. The molecule has 0 aliphatic carbocycles. The highest BCUT2D eigenvalue weighted by Gasteiger charge is 2.16. The summed E-state index contributed by atoms with van der Waals surface area (Å²) in [4.78, 5) is 18.0. The van der Waals surface area contributed by atoms with Crippen LogP contribution in [0.2, 0.25) is 0 Å². The minimum Gasteiger partial charge on any atom is -0.381 e. The van der Waals surface area contributed by atoms with Gasteiger partial charge >= 0.3 is 0 Å². The van der Waals surface area contributed by atoms with Crippen LogP contribution in [-0.2, 0) is 6.42 Å². The second-order valence-electron chi connectivity index (χ2n) is 7.54. The summed E-state index contributed by atoms with van der Waals surface area (Å²) in [5.74, 6) is 0. The van der Waals surface area contributed by atoms with Gasteiger partial charge in [0.2, 0.25) is 0 Å². The van der Waals surface area contributed by atoms with Crippen molar-refractivity contribution in [3.63, 3.8) is 0 Å². The second-order valence-corrected chi connectivity index (χ2v) is 7.54. The molecule has 146 valence electrons. The molecule has 2 N–H and O–H groups in total. The van der Waals surface area contributed by atoms with Crippen molar-refractivity contribution in [2.45, 2.75) is 45.1 Å². The molecular weight excluding hydrogens is 348 g/mol. The number of hydrogen-bond acceptors (Lipinski definition) is 4. The lowest BCUT2D eigenvalue weighted by Gasteiger charge is -2.24. The van der Waals surface area contributed by atoms with Crippen molar-refractivity contribution in [2.24, 2.45) is 0 Å². The minimum atomic E-state index is 0.00823. The van der Waals surface area contributed by atoms with Crippen LogP contribution in [0.15, 0.2) is 53.5 Å². The number of anilines is 1. The predicted molar refractivity (Wildman–Crippen MR) is 115 cm³/mol. The van der Waals surface area contributed by atoms with Crippen LogP contribution in [-0.4, -0.2) is 28.5 Å². The molecule has 5 nitrogen and oxygen atoms in total. The molecule has 0 bridgehead atoms. The first-order chi connectivity index (χ1) is 13.8. The highest BCUT2D eigenvalue weighted by atomic mass is 16.1. The Balaban J connectivity index is 1.68. The molecule has 1 unspecified atom stereocenters. The minimum absolute atomic E-state index is 0.00823. The number of unbranched alkanes of at least 4 members (excludes halogenated alkanes) is 1. The lowest BCUT2D eigenvalue weighted by Crippen LogP contribution is -2.38. The number of hydrogen-bond donors (Lipinski definition) is 2. The maximum atomic E-state index is 13.2. The number of pyridine rings is 1. The maximum absolute atomic E-state index is 13.2. The van der Waals surface area contributed by atoms with Crippen molar-refractivity contribution in [3.05, 3.63) is 64.7 Å². The predicted octanol–water partition coefficient (Wildman–Crippen LogP) is 3.87. The van der Waals surface area contributed by atoms with Crippen molar-refractivity contribution in [2.75, 3.05) is 18.4 Å². The van der Waals surface area contributed by atoms with Crippen LogP contribution in [0.25, 0.3) is 16.8 Å². The van der Waals surface area contributed by atoms with Gasteiger partial charge in [-0.2, -0.15) is 0 Å². The fraction of sp³-hybridized carbons (Fsp3) is 0.391. The third-order valence-electron chi connectivity index (χ3n) is 5.42. The number of benzene rings is 1. The van der Waals surface area contributed by atoms with Gasteiger partial charge < -0.3 is 10.6 Å². The van der Waals surface area contributed by atoms with Crippen LogP contribution in [0.4, 0.5) is 5.69 Å². The summed E-state index contributed by atoms with van der Waals surface area (Å²) in [6.45, 7) is 4.27. The summed E-state index contributed by atoms with van der Waals surface area (Å²) < 4.78 is 1.64. The Labute approximate surface area is 165 Å². The second kappa shape index (κ2) is 8.57. The number of piperidine rings is 1. The quantitative estimate of drug-likeness (QED) is 0.686. The van der Waals surface area contributed by atoms with Gasteiger partial charge in [-0.1, -0.05) is 31.5 Å². The van der Waals surface area contributed by atoms with Crippen LogP contribution in [0.1, 0.15) is 38.3 Å². The van der Waals surface area contributed by atoms with Crippen molar-refractivity contribution in [1.29, 1.82) is 0 Å². The van der Waals surface area contributed by atoms with Crippen LogP contribution in [0.3, 0.4) is 0 Å². The molecule has 1 aromatic carbocycles. The molecule has 3 heterocycles. The number of aromatic nitrogens is 2. The third kappa shape index (κ3) is 3.94. The van der Waals surface area contributed by atoms with E-state index in [0.717, 1.165) is 54.9 Å². The molecule has 0 radical (unpaired) electrons. The molecular formula is C23H28N4O. The van der Waals surface area contributed by atoms with Gasteiger partial charge in [-0.05, 0) is 62.1 Å². The number of rotatable bonds is 6. The van der Waals surface area contributed by atoms with Crippen molar-refractivity contribution >= 4 is 11.3 Å². The van der Waals surface area contributed by atoms with Crippen molar-refractivity contribution in [1.82, 2.24) is 14.7 Å². The molecule has 1 fully saturated rings. The fourth-order valence-electron chi connectivity index (χ4n) is 3.89. The first-order valence-electron chi connectivity index (χ1n) is 10.3. The molecule has 1 aliphatic heterocycles. The number of nitrogens with zero attached hydrogens (tertiary/aromatic N) is 2. The SMILES string of the molecule is CCCCc1nc2ccccn2c(=O)c1-c1ccc(NC2CCCNC2)cc1. The normalized spacial score (nSPS) is 17.0. The molecule has 0 spiro atoms. The zero-order valence-electron chi connectivity index (χ0n) is 16.4. The van der Waals surface area contributed by atoms with Gasteiger partial charge in [0.05, 0.1) is 11.3 Å². The largest absolute Gasteiger partial charge is 0.381 e. The Kier molecular flexibility index (Phi) is 5.72. The van der Waals surface area contributed by atoms with E-state index in [4.69, 9.17) is 4.98 Å². The van der Waals surface area contributed by atoms with Crippen LogP contribution >= 0.6 is 0 Å². The highest BCUT2D eigenvalue weighted by Crippen LogP contribution is 2.24. The van der Waals surface area contributed by atoms with E-state index >= 15 is 0 Å². The molecule has 0 amide bonds. The average Bonchev–Trinajstić information content (AvgIpc) is 2.74. The summed E-state index contributed by atoms with van der Waals surface area (Å²) in [5, 5.41) is 7.02. The van der Waals surface area contributed by atoms with Crippen molar-refractivity contribution in [3.8, 4) is 11.1 Å². The molecule has 1 aliphatic rings. The van der Waals surface area contributed by atoms with Crippen LogP contribution in [0, 0.1) is 0 Å². The van der Waals surface area contributed by atoms with Gasteiger partial charge in [-0.25, -0.2) is 4.98 Å². The molecule has 1 atom stereocenters. The first kappa shape index (κ1) is 18.7. The fourth-order valence-corrected chi connectivity index (χ4v) is 3.89. The Morgan fingerprint density at radius 2 is 2.07 bits per heavy atom. The van der Waals surface area contributed by atoms with E-state index in [-0.39, 0.29) is 5.56 Å². The molecule has 1 saturated heterocycles. The van der Waals surface area contributed by atoms with E-state index in [1.165, 1.54) is 12.8 Å². The average molecular weight is 377 g/mol. The lowest BCUT2D eigenvalue weighted by molar-refractivity contribution is 0.480. The standard InChI is InChI=1S/C23H28N4O/c1-2-3-8-20-22(23(28)27-15-5-4-9-21(27)26-20)17-10-12-18(13-11-17)25-19-7-6-14-24-16-19/h4-5,9-13,15,19,24-25H,2-3,6-8,14,16H2,1H3.